The van der Waals surface area contributed by atoms with Gasteiger partial charge in [-0.3, -0.25) is 4.79 Å². The van der Waals surface area contributed by atoms with Crippen molar-refractivity contribution >= 4 is 28.3 Å². The van der Waals surface area contributed by atoms with Gasteiger partial charge in [-0.25, -0.2) is 9.78 Å². The van der Waals surface area contributed by atoms with E-state index in [4.69, 9.17) is 4.74 Å². The van der Waals surface area contributed by atoms with Gasteiger partial charge in [-0.2, -0.15) is 4.68 Å². The van der Waals surface area contributed by atoms with Crippen LogP contribution in [0.2, 0.25) is 0 Å². The Morgan fingerprint density at radius 1 is 1.00 bits per heavy atom. The minimum atomic E-state index is -0.374. The predicted octanol–water partition coefficient (Wildman–Crippen LogP) is 5.65. The highest BCUT2D eigenvalue weighted by atomic mass is 32.1. The Morgan fingerprint density at radius 2 is 1.76 bits per heavy atom. The van der Waals surface area contributed by atoms with E-state index in [9.17, 15) is 9.59 Å². The summed E-state index contributed by atoms with van der Waals surface area (Å²) in [6.07, 6.45) is 2.81. The Balaban J connectivity index is 1.51. The van der Waals surface area contributed by atoms with Crippen molar-refractivity contribution in [3.05, 3.63) is 64.7 Å². The first-order chi connectivity index (χ1) is 18.0. The average molecular weight is 519 g/mol. The molecule has 2 aromatic heterocycles. The van der Waals surface area contributed by atoms with Crippen LogP contribution >= 0.6 is 11.3 Å². The maximum atomic E-state index is 12.5. The first kappa shape index (κ1) is 26.2. The van der Waals surface area contributed by atoms with Crippen molar-refractivity contribution in [2.45, 2.75) is 53.0 Å². The number of ether oxygens (including phenoxy) is 1. The number of carbonyl (C=O) groups excluding carboxylic acids is 2. The first-order valence-corrected chi connectivity index (χ1v) is 13.3. The lowest BCUT2D eigenvalue weighted by Gasteiger charge is -2.10. The Labute approximate surface area is 219 Å². The summed E-state index contributed by atoms with van der Waals surface area (Å²) in [6, 6.07) is 15.9. The zero-order valence-corrected chi connectivity index (χ0v) is 22.0. The van der Waals surface area contributed by atoms with Gasteiger partial charge in [0, 0.05) is 23.4 Å². The normalized spacial score (nSPS) is 10.9. The van der Waals surface area contributed by atoms with E-state index in [0.29, 0.717) is 36.2 Å². The first-order valence-electron chi connectivity index (χ1n) is 12.5. The van der Waals surface area contributed by atoms with Crippen molar-refractivity contribution in [2.24, 2.45) is 0 Å². The van der Waals surface area contributed by atoms with Gasteiger partial charge in [-0.15, -0.1) is 16.4 Å². The number of nitrogens with zero attached hydrogens (tertiary/aromatic N) is 5. The van der Waals surface area contributed by atoms with E-state index in [1.807, 2.05) is 55.5 Å². The third-order valence-electron chi connectivity index (χ3n) is 5.69. The van der Waals surface area contributed by atoms with Crippen molar-refractivity contribution in [2.75, 3.05) is 11.9 Å². The molecule has 0 atom stereocenters. The second-order valence-electron chi connectivity index (χ2n) is 8.42. The van der Waals surface area contributed by atoms with Gasteiger partial charge in [0.1, 0.15) is 0 Å². The molecule has 0 aliphatic rings. The third kappa shape index (κ3) is 6.08. The Morgan fingerprint density at radius 3 is 2.46 bits per heavy atom. The van der Waals surface area contributed by atoms with Crippen LogP contribution in [0.5, 0.6) is 0 Å². The number of carbonyl (C=O) groups is 2. The van der Waals surface area contributed by atoms with Gasteiger partial charge in [0.2, 0.25) is 5.91 Å². The molecule has 1 N–H and O–H groups in total. The number of benzene rings is 2. The van der Waals surface area contributed by atoms with Crippen LogP contribution < -0.4 is 5.32 Å². The summed E-state index contributed by atoms with van der Waals surface area (Å²) in [5, 5.41) is 15.8. The summed E-state index contributed by atoms with van der Waals surface area (Å²) in [6.45, 7) is 6.70. The molecule has 0 unspecified atom stereocenters. The molecule has 0 saturated carbocycles. The van der Waals surface area contributed by atoms with Crippen molar-refractivity contribution in [3.8, 4) is 22.5 Å². The molecular weight excluding hydrogens is 488 g/mol. The molecule has 0 saturated heterocycles. The zero-order chi connectivity index (χ0) is 26.2. The third-order valence-corrected chi connectivity index (χ3v) is 6.76. The fraction of sp³-hybridized carbons (Fsp3) is 0.333. The molecular formula is C27H30N6O3S. The number of thiazole rings is 1. The van der Waals surface area contributed by atoms with Gasteiger partial charge in [0.05, 0.1) is 6.61 Å². The molecule has 192 valence electrons. The van der Waals surface area contributed by atoms with Gasteiger partial charge in [-0.05, 0) is 46.9 Å². The number of esters is 1. The van der Waals surface area contributed by atoms with Gasteiger partial charge in [0.25, 0.3) is 0 Å². The van der Waals surface area contributed by atoms with Crippen LogP contribution in [0.25, 0.3) is 22.5 Å². The van der Waals surface area contributed by atoms with Crippen LogP contribution in [-0.4, -0.2) is 43.7 Å². The highest BCUT2D eigenvalue weighted by Crippen LogP contribution is 2.31. The number of hydrogen-bond acceptors (Lipinski definition) is 9. The number of tetrazole rings is 1. The highest BCUT2D eigenvalue weighted by Gasteiger charge is 2.20. The summed E-state index contributed by atoms with van der Waals surface area (Å²) < 4.78 is 6.44. The largest absolute Gasteiger partial charge is 0.461 e. The molecule has 2 aromatic carbocycles. The zero-order valence-electron chi connectivity index (χ0n) is 21.2. The van der Waals surface area contributed by atoms with E-state index in [-0.39, 0.29) is 11.9 Å². The summed E-state index contributed by atoms with van der Waals surface area (Å²) in [5.41, 5.74) is 4.18. The van der Waals surface area contributed by atoms with Crippen LogP contribution in [0.15, 0.2) is 48.5 Å². The Kier molecular flexibility index (Phi) is 8.73. The van der Waals surface area contributed by atoms with Crippen LogP contribution in [0.4, 0.5) is 5.13 Å². The molecule has 4 rings (SSSR count). The Bertz CT molecular complexity index is 1360. The lowest BCUT2D eigenvalue weighted by Crippen LogP contribution is -2.13. The Hall–Kier alpha value is -3.92. The number of aromatic nitrogens is 5. The van der Waals surface area contributed by atoms with Crippen LogP contribution in [0.1, 0.15) is 65.8 Å². The standard InChI is InChI=1S/C27H30N6O3S/c1-4-9-22-24(26(35)36-6-3)29-27(37-22)28-17-18-13-15-19(16-14-18)20-11-7-8-12-21(20)25-30-31-32-33(25)23(34)10-5-2/h7-8,11-16H,4-6,9-10,17H2,1-3H3,(H,28,29). The molecule has 0 aliphatic carbocycles. The molecule has 10 heteroatoms. The van der Waals surface area contributed by atoms with E-state index in [1.165, 1.54) is 16.0 Å². The number of anilines is 1. The fourth-order valence-corrected chi connectivity index (χ4v) is 4.98. The molecule has 9 nitrogen and oxygen atoms in total. The molecule has 0 bridgehead atoms. The summed E-state index contributed by atoms with van der Waals surface area (Å²) in [7, 11) is 0. The molecule has 4 aromatic rings. The van der Waals surface area contributed by atoms with Crippen LogP contribution in [-0.2, 0) is 17.7 Å². The van der Waals surface area contributed by atoms with E-state index in [2.05, 4.69) is 32.7 Å². The molecule has 37 heavy (non-hydrogen) atoms. The minimum absolute atomic E-state index is 0.130. The summed E-state index contributed by atoms with van der Waals surface area (Å²) >= 11 is 1.49. The monoisotopic (exact) mass is 518 g/mol. The molecule has 0 fully saturated rings. The van der Waals surface area contributed by atoms with Gasteiger partial charge >= 0.3 is 5.97 Å². The van der Waals surface area contributed by atoms with Crippen molar-refractivity contribution in [1.29, 1.82) is 0 Å². The van der Waals surface area contributed by atoms with Crippen LogP contribution in [0.3, 0.4) is 0 Å². The summed E-state index contributed by atoms with van der Waals surface area (Å²) in [5.74, 6) is -0.0707. The molecule has 0 radical (unpaired) electrons. The number of nitrogens with one attached hydrogen (secondary N) is 1. The fourth-order valence-electron chi connectivity index (χ4n) is 3.94. The van der Waals surface area contributed by atoms with E-state index < -0.39 is 0 Å². The van der Waals surface area contributed by atoms with Gasteiger partial charge < -0.3 is 10.1 Å². The maximum absolute atomic E-state index is 12.5. The molecule has 0 spiro atoms. The quantitative estimate of drug-likeness (QED) is 0.200. The maximum Gasteiger partial charge on any atom is 0.358 e. The molecule has 0 aliphatic heterocycles. The van der Waals surface area contributed by atoms with Crippen molar-refractivity contribution in [3.63, 3.8) is 0 Å². The smallest absolute Gasteiger partial charge is 0.358 e. The number of rotatable bonds is 11. The SMILES string of the molecule is CCCC(=O)n1nnnc1-c1ccccc1-c1ccc(CNc2nc(C(=O)OCC)c(CCC)s2)cc1. The topological polar surface area (TPSA) is 112 Å². The number of hydrogen-bond donors (Lipinski definition) is 1. The molecule has 0 amide bonds. The summed E-state index contributed by atoms with van der Waals surface area (Å²) in [4.78, 5) is 30.2. The second-order valence-corrected chi connectivity index (χ2v) is 9.50. The van der Waals surface area contributed by atoms with E-state index in [0.717, 1.165) is 46.4 Å². The predicted molar refractivity (Wildman–Crippen MR) is 144 cm³/mol. The highest BCUT2D eigenvalue weighted by molar-refractivity contribution is 7.15. The van der Waals surface area contributed by atoms with E-state index in [1.54, 1.807) is 6.92 Å². The van der Waals surface area contributed by atoms with Crippen molar-refractivity contribution < 1.29 is 14.3 Å². The number of aryl methyl sites for hydroxylation is 1. The van der Waals surface area contributed by atoms with Crippen LogP contribution in [0, 0.1) is 0 Å². The second kappa shape index (κ2) is 12.4. The lowest BCUT2D eigenvalue weighted by atomic mass is 9.98. The van der Waals surface area contributed by atoms with Gasteiger partial charge in [-0.1, -0.05) is 68.8 Å². The average Bonchev–Trinajstić information content (AvgIpc) is 3.56. The van der Waals surface area contributed by atoms with Gasteiger partial charge in [0.15, 0.2) is 16.6 Å². The van der Waals surface area contributed by atoms with Crippen molar-refractivity contribution in [1.82, 2.24) is 25.2 Å². The molecule has 2 heterocycles. The lowest BCUT2D eigenvalue weighted by molar-refractivity contribution is 0.0519. The van der Waals surface area contributed by atoms with E-state index >= 15 is 0 Å². The minimum Gasteiger partial charge on any atom is -0.461 e.